The SMILES string of the molecule is CCCOc1c(Br)cc(Br)cc1/C=C(\C#N)c1ccccc1. The van der Waals surface area contributed by atoms with Crippen LogP contribution in [0.3, 0.4) is 0 Å². The van der Waals surface area contributed by atoms with Gasteiger partial charge in [0.05, 0.1) is 22.7 Å². The zero-order valence-electron chi connectivity index (χ0n) is 12.1. The van der Waals surface area contributed by atoms with E-state index in [1.807, 2.05) is 48.5 Å². The molecule has 0 fully saturated rings. The van der Waals surface area contributed by atoms with E-state index < -0.39 is 0 Å². The number of allylic oxidation sites excluding steroid dienone is 1. The summed E-state index contributed by atoms with van der Waals surface area (Å²) in [6, 6.07) is 15.8. The maximum Gasteiger partial charge on any atom is 0.140 e. The predicted molar refractivity (Wildman–Crippen MR) is 97.6 cm³/mol. The Balaban J connectivity index is 2.51. The Hall–Kier alpha value is -1.57. The van der Waals surface area contributed by atoms with E-state index in [0.717, 1.165) is 32.2 Å². The van der Waals surface area contributed by atoms with Gasteiger partial charge in [0.15, 0.2) is 0 Å². The van der Waals surface area contributed by atoms with Crippen LogP contribution < -0.4 is 4.74 Å². The molecule has 0 spiro atoms. The average molecular weight is 421 g/mol. The standard InChI is InChI=1S/C18H15Br2NO/c1-2-8-22-18-14(10-16(19)11-17(18)20)9-15(12-21)13-6-4-3-5-7-13/h3-7,9-11H,2,8H2,1H3/b15-9+. The van der Waals surface area contributed by atoms with Gasteiger partial charge in [-0.1, -0.05) is 53.2 Å². The number of hydrogen-bond donors (Lipinski definition) is 0. The summed E-state index contributed by atoms with van der Waals surface area (Å²) in [5, 5.41) is 9.46. The lowest BCUT2D eigenvalue weighted by atomic mass is 10.0. The zero-order chi connectivity index (χ0) is 15.9. The van der Waals surface area contributed by atoms with E-state index in [9.17, 15) is 5.26 Å². The van der Waals surface area contributed by atoms with Crippen LogP contribution >= 0.6 is 31.9 Å². The summed E-state index contributed by atoms with van der Waals surface area (Å²) in [6.45, 7) is 2.70. The van der Waals surface area contributed by atoms with Crippen LogP contribution in [0.1, 0.15) is 24.5 Å². The van der Waals surface area contributed by atoms with Gasteiger partial charge < -0.3 is 4.74 Å². The van der Waals surface area contributed by atoms with Crippen LogP contribution in [0.5, 0.6) is 5.75 Å². The van der Waals surface area contributed by atoms with Crippen LogP contribution in [-0.4, -0.2) is 6.61 Å². The number of benzene rings is 2. The minimum atomic E-state index is 0.604. The van der Waals surface area contributed by atoms with Gasteiger partial charge in [-0.05, 0) is 46.1 Å². The molecular formula is C18H15Br2NO. The topological polar surface area (TPSA) is 33.0 Å². The number of rotatable bonds is 5. The maximum absolute atomic E-state index is 9.46. The second kappa shape index (κ2) is 8.17. The third-order valence-corrected chi connectivity index (χ3v) is 4.04. The van der Waals surface area contributed by atoms with Crippen LogP contribution in [0.25, 0.3) is 11.6 Å². The van der Waals surface area contributed by atoms with Crippen LogP contribution in [0.4, 0.5) is 0 Å². The highest BCUT2D eigenvalue weighted by atomic mass is 79.9. The van der Waals surface area contributed by atoms with E-state index in [4.69, 9.17) is 4.74 Å². The summed E-state index contributed by atoms with van der Waals surface area (Å²) in [7, 11) is 0. The first kappa shape index (κ1) is 16.8. The normalized spacial score (nSPS) is 11.1. The highest BCUT2D eigenvalue weighted by Crippen LogP contribution is 2.35. The molecule has 0 aliphatic carbocycles. The molecule has 22 heavy (non-hydrogen) atoms. The molecule has 0 amide bonds. The van der Waals surface area contributed by atoms with Crippen LogP contribution in [0.2, 0.25) is 0 Å². The Morgan fingerprint density at radius 3 is 2.59 bits per heavy atom. The van der Waals surface area contributed by atoms with E-state index in [0.29, 0.717) is 12.2 Å². The molecule has 0 unspecified atom stereocenters. The molecule has 0 saturated heterocycles. The molecule has 2 rings (SSSR count). The van der Waals surface area contributed by atoms with Gasteiger partial charge in [0, 0.05) is 10.0 Å². The maximum atomic E-state index is 9.46. The number of nitriles is 1. The van der Waals surface area contributed by atoms with E-state index >= 15 is 0 Å². The lowest BCUT2D eigenvalue weighted by molar-refractivity contribution is 0.315. The van der Waals surface area contributed by atoms with E-state index in [1.54, 1.807) is 0 Å². The van der Waals surface area contributed by atoms with Crippen molar-refractivity contribution >= 4 is 43.5 Å². The highest BCUT2D eigenvalue weighted by Gasteiger charge is 2.10. The molecule has 0 N–H and O–H groups in total. The Labute approximate surface area is 147 Å². The fourth-order valence-electron chi connectivity index (χ4n) is 2.00. The van der Waals surface area contributed by atoms with Crippen molar-refractivity contribution in [3.8, 4) is 11.8 Å². The van der Waals surface area contributed by atoms with Gasteiger partial charge in [0.2, 0.25) is 0 Å². The molecule has 0 bridgehead atoms. The highest BCUT2D eigenvalue weighted by molar-refractivity contribution is 9.11. The Kier molecular flexibility index (Phi) is 6.23. The largest absolute Gasteiger partial charge is 0.492 e. The van der Waals surface area contributed by atoms with Crippen LogP contribution in [-0.2, 0) is 0 Å². The van der Waals surface area contributed by atoms with Gasteiger partial charge in [-0.25, -0.2) is 0 Å². The molecular weight excluding hydrogens is 406 g/mol. The van der Waals surface area contributed by atoms with Gasteiger partial charge in [-0.15, -0.1) is 0 Å². The molecule has 2 aromatic carbocycles. The van der Waals surface area contributed by atoms with E-state index in [-0.39, 0.29) is 0 Å². The fourth-order valence-corrected chi connectivity index (χ4v) is 3.37. The second-order valence-electron chi connectivity index (χ2n) is 4.69. The smallest absolute Gasteiger partial charge is 0.140 e. The van der Waals surface area contributed by atoms with Gasteiger partial charge >= 0.3 is 0 Å². The van der Waals surface area contributed by atoms with E-state index in [1.165, 1.54) is 0 Å². The minimum absolute atomic E-state index is 0.604. The number of nitrogens with zero attached hydrogens (tertiary/aromatic N) is 1. The fraction of sp³-hybridized carbons (Fsp3) is 0.167. The number of hydrogen-bond acceptors (Lipinski definition) is 2. The first-order chi connectivity index (χ1) is 10.7. The minimum Gasteiger partial charge on any atom is -0.492 e. The lowest BCUT2D eigenvalue weighted by Gasteiger charge is -2.12. The Bertz CT molecular complexity index is 718. The molecule has 0 aliphatic rings. The summed E-state index contributed by atoms with van der Waals surface area (Å²) in [6.07, 6.45) is 2.78. The van der Waals surface area contributed by atoms with Crippen molar-refractivity contribution < 1.29 is 4.74 Å². The van der Waals surface area contributed by atoms with Crippen molar-refractivity contribution in [3.05, 3.63) is 62.5 Å². The number of ether oxygens (including phenoxy) is 1. The van der Waals surface area contributed by atoms with Gasteiger partial charge in [-0.2, -0.15) is 5.26 Å². The molecule has 112 valence electrons. The van der Waals surface area contributed by atoms with Crippen LogP contribution in [0, 0.1) is 11.3 Å². The van der Waals surface area contributed by atoms with Gasteiger partial charge in [0.25, 0.3) is 0 Å². The molecule has 0 saturated carbocycles. The third-order valence-electron chi connectivity index (χ3n) is 2.99. The quantitative estimate of drug-likeness (QED) is 0.434. The van der Waals surface area contributed by atoms with Crippen molar-refractivity contribution in [2.24, 2.45) is 0 Å². The molecule has 0 aromatic heterocycles. The predicted octanol–water partition coefficient (Wildman–Crippen LogP) is 6.06. The monoisotopic (exact) mass is 419 g/mol. The van der Waals surface area contributed by atoms with Crippen molar-refractivity contribution in [2.75, 3.05) is 6.61 Å². The Morgan fingerprint density at radius 1 is 1.23 bits per heavy atom. The van der Waals surface area contributed by atoms with Crippen molar-refractivity contribution in [3.63, 3.8) is 0 Å². The molecule has 2 nitrogen and oxygen atoms in total. The third kappa shape index (κ3) is 4.22. The van der Waals surface area contributed by atoms with Crippen molar-refractivity contribution in [1.82, 2.24) is 0 Å². The molecule has 0 atom stereocenters. The molecule has 0 radical (unpaired) electrons. The first-order valence-electron chi connectivity index (χ1n) is 6.94. The van der Waals surface area contributed by atoms with Crippen molar-refractivity contribution in [2.45, 2.75) is 13.3 Å². The number of halogens is 2. The lowest BCUT2D eigenvalue weighted by Crippen LogP contribution is -1.98. The Morgan fingerprint density at radius 2 is 1.95 bits per heavy atom. The molecule has 0 heterocycles. The average Bonchev–Trinajstić information content (AvgIpc) is 2.52. The summed E-state index contributed by atoms with van der Waals surface area (Å²) in [5.74, 6) is 0.758. The molecule has 0 aliphatic heterocycles. The summed E-state index contributed by atoms with van der Waals surface area (Å²) >= 11 is 7.01. The zero-order valence-corrected chi connectivity index (χ0v) is 15.3. The van der Waals surface area contributed by atoms with Gasteiger partial charge in [0.1, 0.15) is 5.75 Å². The molecule has 2 aromatic rings. The molecule has 4 heteroatoms. The van der Waals surface area contributed by atoms with Gasteiger partial charge in [-0.3, -0.25) is 0 Å². The van der Waals surface area contributed by atoms with E-state index in [2.05, 4.69) is 44.9 Å². The summed E-state index contributed by atoms with van der Waals surface area (Å²) in [4.78, 5) is 0. The first-order valence-corrected chi connectivity index (χ1v) is 8.53. The van der Waals surface area contributed by atoms with Crippen LogP contribution in [0.15, 0.2) is 51.4 Å². The second-order valence-corrected chi connectivity index (χ2v) is 6.46. The van der Waals surface area contributed by atoms with Crippen molar-refractivity contribution in [1.29, 1.82) is 5.26 Å². The summed E-state index contributed by atoms with van der Waals surface area (Å²) < 4.78 is 7.63. The summed E-state index contributed by atoms with van der Waals surface area (Å²) in [5.41, 5.74) is 2.37.